The summed E-state index contributed by atoms with van der Waals surface area (Å²) in [6.07, 6.45) is 11.9. The van der Waals surface area contributed by atoms with Crippen LogP contribution in [0, 0.1) is 35.5 Å². The van der Waals surface area contributed by atoms with E-state index >= 15 is 0 Å². The van der Waals surface area contributed by atoms with Crippen LogP contribution in [0.2, 0.25) is 0 Å². The predicted molar refractivity (Wildman–Crippen MR) is 91.9 cm³/mol. The lowest BCUT2D eigenvalue weighted by Crippen LogP contribution is -2.09. The molecule has 1 aliphatic rings. The Morgan fingerprint density at radius 2 is 1.25 bits per heavy atom. The van der Waals surface area contributed by atoms with Crippen LogP contribution in [-0.2, 0) is 0 Å². The van der Waals surface area contributed by atoms with E-state index < -0.39 is 0 Å². The van der Waals surface area contributed by atoms with Gasteiger partial charge in [0.15, 0.2) is 0 Å². The van der Waals surface area contributed by atoms with Crippen LogP contribution in [0.3, 0.4) is 0 Å². The molecule has 20 heavy (non-hydrogen) atoms. The van der Waals surface area contributed by atoms with Crippen LogP contribution in [0.15, 0.2) is 0 Å². The van der Waals surface area contributed by atoms with E-state index in [0.29, 0.717) is 0 Å². The van der Waals surface area contributed by atoms with Crippen molar-refractivity contribution in [1.82, 2.24) is 0 Å². The third-order valence-electron chi connectivity index (χ3n) is 5.21. The van der Waals surface area contributed by atoms with Gasteiger partial charge in [0.05, 0.1) is 0 Å². The van der Waals surface area contributed by atoms with Gasteiger partial charge in [0, 0.05) is 0 Å². The molecule has 0 amide bonds. The summed E-state index contributed by atoms with van der Waals surface area (Å²) >= 11 is 0. The summed E-state index contributed by atoms with van der Waals surface area (Å²) in [6, 6.07) is 0. The van der Waals surface area contributed by atoms with Gasteiger partial charge in [-0.05, 0) is 61.2 Å². The lowest BCUT2D eigenvalue weighted by molar-refractivity contribution is 0.308. The third kappa shape index (κ3) is 7.14. The van der Waals surface area contributed by atoms with Crippen LogP contribution in [-0.4, -0.2) is 0 Å². The molecule has 0 aromatic rings. The summed E-state index contributed by atoms with van der Waals surface area (Å²) in [7, 11) is 0. The SMILES string of the molecule is CC(C)CCCC1CC(CC(C)C)CC1CCC(C)C. The topological polar surface area (TPSA) is 0 Å². The van der Waals surface area contributed by atoms with Crippen molar-refractivity contribution in [2.75, 3.05) is 0 Å². The Morgan fingerprint density at radius 3 is 1.75 bits per heavy atom. The van der Waals surface area contributed by atoms with E-state index in [9.17, 15) is 0 Å². The molecule has 0 spiro atoms. The Kier molecular flexibility index (Phi) is 8.22. The Morgan fingerprint density at radius 1 is 0.700 bits per heavy atom. The average Bonchev–Trinajstić information content (AvgIpc) is 2.67. The van der Waals surface area contributed by atoms with Crippen LogP contribution in [0.25, 0.3) is 0 Å². The molecule has 0 N–H and O–H groups in total. The van der Waals surface area contributed by atoms with E-state index in [2.05, 4.69) is 41.5 Å². The lowest BCUT2D eigenvalue weighted by Gasteiger charge is -2.20. The highest BCUT2D eigenvalue weighted by atomic mass is 14.4. The van der Waals surface area contributed by atoms with E-state index in [1.807, 2.05) is 0 Å². The summed E-state index contributed by atoms with van der Waals surface area (Å²) in [5.74, 6) is 5.80. The molecule has 120 valence electrons. The molecule has 0 saturated heterocycles. The van der Waals surface area contributed by atoms with Crippen molar-refractivity contribution in [3.63, 3.8) is 0 Å². The molecule has 0 heteroatoms. The first kappa shape index (κ1) is 18.1. The third-order valence-corrected chi connectivity index (χ3v) is 5.21. The first-order chi connectivity index (χ1) is 9.38. The summed E-state index contributed by atoms with van der Waals surface area (Å²) in [4.78, 5) is 0. The zero-order valence-electron chi connectivity index (χ0n) is 15.1. The first-order valence-electron chi connectivity index (χ1n) is 9.38. The van der Waals surface area contributed by atoms with Gasteiger partial charge in [0.2, 0.25) is 0 Å². The zero-order valence-corrected chi connectivity index (χ0v) is 15.1. The minimum atomic E-state index is 0.885. The van der Waals surface area contributed by atoms with Crippen molar-refractivity contribution in [2.45, 2.75) is 92.9 Å². The van der Waals surface area contributed by atoms with Gasteiger partial charge in [0.1, 0.15) is 0 Å². The highest BCUT2D eigenvalue weighted by Gasteiger charge is 2.33. The van der Waals surface area contributed by atoms with Crippen LogP contribution in [0.1, 0.15) is 92.9 Å². The monoisotopic (exact) mass is 280 g/mol. The van der Waals surface area contributed by atoms with Gasteiger partial charge in [-0.2, -0.15) is 0 Å². The van der Waals surface area contributed by atoms with Crippen molar-refractivity contribution < 1.29 is 0 Å². The number of hydrogen-bond acceptors (Lipinski definition) is 0. The van der Waals surface area contributed by atoms with Gasteiger partial charge >= 0.3 is 0 Å². The minimum Gasteiger partial charge on any atom is -0.0628 e. The van der Waals surface area contributed by atoms with E-state index in [1.54, 1.807) is 6.42 Å². The second-order valence-electron chi connectivity index (χ2n) is 8.78. The molecular formula is C20H40. The number of rotatable bonds is 9. The molecule has 0 aromatic carbocycles. The number of hydrogen-bond donors (Lipinski definition) is 0. The van der Waals surface area contributed by atoms with Gasteiger partial charge in [-0.15, -0.1) is 0 Å². The Hall–Kier alpha value is 0. The Bertz CT molecular complexity index is 238. The maximum absolute atomic E-state index is 2.40. The molecule has 1 saturated carbocycles. The van der Waals surface area contributed by atoms with Crippen molar-refractivity contribution in [2.24, 2.45) is 35.5 Å². The van der Waals surface area contributed by atoms with Crippen molar-refractivity contribution >= 4 is 0 Å². The van der Waals surface area contributed by atoms with Gasteiger partial charge in [-0.3, -0.25) is 0 Å². The molecule has 1 rings (SSSR count). The van der Waals surface area contributed by atoms with Crippen LogP contribution < -0.4 is 0 Å². The fourth-order valence-corrected chi connectivity index (χ4v) is 4.24. The largest absolute Gasteiger partial charge is 0.0628 e. The minimum absolute atomic E-state index is 0.885. The Balaban J connectivity index is 2.43. The van der Waals surface area contributed by atoms with Crippen LogP contribution in [0.4, 0.5) is 0 Å². The molecule has 3 atom stereocenters. The molecule has 0 radical (unpaired) electrons. The van der Waals surface area contributed by atoms with Gasteiger partial charge < -0.3 is 0 Å². The van der Waals surface area contributed by atoms with Crippen LogP contribution in [0.5, 0.6) is 0 Å². The molecular weight excluding hydrogens is 240 g/mol. The van der Waals surface area contributed by atoms with Gasteiger partial charge in [-0.1, -0.05) is 67.2 Å². The smallest absolute Gasteiger partial charge is 0.0383 e. The molecule has 0 nitrogen and oxygen atoms in total. The Labute approximate surface area is 129 Å². The van der Waals surface area contributed by atoms with E-state index in [0.717, 1.165) is 35.5 Å². The zero-order chi connectivity index (χ0) is 15.1. The molecule has 1 fully saturated rings. The maximum atomic E-state index is 2.40. The second kappa shape index (κ2) is 9.11. The highest BCUT2D eigenvalue weighted by molar-refractivity contribution is 4.84. The average molecular weight is 281 g/mol. The normalized spacial score (nSPS) is 27.1. The second-order valence-corrected chi connectivity index (χ2v) is 8.78. The summed E-state index contributed by atoms with van der Waals surface area (Å²) in [6.45, 7) is 14.3. The van der Waals surface area contributed by atoms with Crippen molar-refractivity contribution in [3.05, 3.63) is 0 Å². The first-order valence-corrected chi connectivity index (χ1v) is 9.38. The standard InChI is InChI=1S/C20H40/c1-15(2)8-7-9-19-13-18(12-17(5)6)14-20(19)11-10-16(3)4/h15-20H,7-14H2,1-6H3. The quantitative estimate of drug-likeness (QED) is 0.429. The van der Waals surface area contributed by atoms with E-state index in [1.165, 1.54) is 44.9 Å². The molecule has 0 heterocycles. The van der Waals surface area contributed by atoms with E-state index in [-0.39, 0.29) is 0 Å². The fourth-order valence-electron chi connectivity index (χ4n) is 4.24. The molecule has 1 aliphatic carbocycles. The maximum Gasteiger partial charge on any atom is -0.0383 e. The predicted octanol–water partition coefficient (Wildman–Crippen LogP) is 6.94. The van der Waals surface area contributed by atoms with Crippen LogP contribution >= 0.6 is 0 Å². The van der Waals surface area contributed by atoms with Gasteiger partial charge in [0.25, 0.3) is 0 Å². The van der Waals surface area contributed by atoms with Gasteiger partial charge in [-0.25, -0.2) is 0 Å². The molecule has 3 unspecified atom stereocenters. The summed E-state index contributed by atoms with van der Waals surface area (Å²) in [5, 5.41) is 0. The summed E-state index contributed by atoms with van der Waals surface area (Å²) in [5.41, 5.74) is 0. The molecule has 0 aliphatic heterocycles. The highest BCUT2D eigenvalue weighted by Crippen LogP contribution is 2.44. The van der Waals surface area contributed by atoms with E-state index in [4.69, 9.17) is 0 Å². The lowest BCUT2D eigenvalue weighted by atomic mass is 9.85. The summed E-state index contributed by atoms with van der Waals surface area (Å²) < 4.78 is 0. The van der Waals surface area contributed by atoms with Crippen molar-refractivity contribution in [1.29, 1.82) is 0 Å². The fraction of sp³-hybridized carbons (Fsp3) is 1.00. The molecule has 0 bridgehead atoms. The molecule has 0 aromatic heterocycles. The van der Waals surface area contributed by atoms with Crippen molar-refractivity contribution in [3.8, 4) is 0 Å².